The Balaban J connectivity index is 1.43. The van der Waals surface area contributed by atoms with Crippen molar-refractivity contribution in [3.8, 4) is 0 Å². The molecular formula is C22H19IN6O3. The number of oxazole rings is 1. The van der Waals surface area contributed by atoms with Gasteiger partial charge in [-0.2, -0.15) is 0 Å². The number of nitrogens with one attached hydrogen (secondary N) is 2. The summed E-state index contributed by atoms with van der Waals surface area (Å²) in [5.74, 6) is -0.747. The maximum Gasteiger partial charge on any atom is 0.419 e. The predicted octanol–water partition coefficient (Wildman–Crippen LogP) is 2.77. The number of pyridine rings is 1. The fourth-order valence-corrected chi connectivity index (χ4v) is 3.61. The van der Waals surface area contributed by atoms with Gasteiger partial charge in [0.1, 0.15) is 12.0 Å². The van der Waals surface area contributed by atoms with Crippen molar-refractivity contribution in [2.24, 2.45) is 7.05 Å². The van der Waals surface area contributed by atoms with Crippen LogP contribution < -0.4 is 16.4 Å². The highest BCUT2D eigenvalue weighted by molar-refractivity contribution is 14.1. The van der Waals surface area contributed by atoms with E-state index in [1.165, 1.54) is 10.9 Å². The Labute approximate surface area is 196 Å². The first-order valence-corrected chi connectivity index (χ1v) is 10.9. The molecule has 0 radical (unpaired) electrons. The van der Waals surface area contributed by atoms with Crippen molar-refractivity contribution in [1.82, 2.24) is 30.2 Å². The van der Waals surface area contributed by atoms with Crippen molar-refractivity contribution in [3.05, 3.63) is 92.3 Å². The van der Waals surface area contributed by atoms with Crippen molar-refractivity contribution in [2.45, 2.75) is 13.1 Å². The quantitative estimate of drug-likeness (QED) is 0.345. The SMILES string of the molecule is Cn1c(=O)oc2ccc(CNC(=O)c3cc(/C(=C\I)NCc4ccncc4)ncn3)cc21. The molecule has 0 fully saturated rings. The number of hydrogen-bond donors (Lipinski definition) is 2. The minimum Gasteiger partial charge on any atom is -0.408 e. The van der Waals surface area contributed by atoms with Gasteiger partial charge in [-0.15, -0.1) is 0 Å². The van der Waals surface area contributed by atoms with Crippen LogP contribution in [-0.2, 0) is 20.1 Å². The molecule has 0 aliphatic heterocycles. The molecule has 0 spiro atoms. The van der Waals surface area contributed by atoms with E-state index in [9.17, 15) is 9.59 Å². The summed E-state index contributed by atoms with van der Waals surface area (Å²) in [7, 11) is 1.64. The molecule has 0 aliphatic carbocycles. The number of carbonyl (C=O) groups excluding carboxylic acids is 1. The third-order valence-corrected chi connectivity index (χ3v) is 5.45. The number of rotatable bonds is 7. The zero-order chi connectivity index (χ0) is 22.5. The number of aryl methyl sites for hydroxylation is 1. The highest BCUT2D eigenvalue weighted by Crippen LogP contribution is 2.15. The lowest BCUT2D eigenvalue weighted by atomic mass is 10.2. The molecule has 1 amide bonds. The van der Waals surface area contributed by atoms with Gasteiger partial charge in [0.15, 0.2) is 5.58 Å². The molecule has 2 N–H and O–H groups in total. The van der Waals surface area contributed by atoms with Gasteiger partial charge >= 0.3 is 5.76 Å². The smallest absolute Gasteiger partial charge is 0.408 e. The highest BCUT2D eigenvalue weighted by Gasteiger charge is 2.12. The number of halogens is 1. The van der Waals surface area contributed by atoms with Gasteiger partial charge in [-0.05, 0) is 41.5 Å². The van der Waals surface area contributed by atoms with E-state index in [-0.39, 0.29) is 18.1 Å². The van der Waals surface area contributed by atoms with Gasteiger partial charge in [-0.25, -0.2) is 14.8 Å². The molecule has 0 saturated carbocycles. The molecule has 0 aliphatic rings. The van der Waals surface area contributed by atoms with Crippen LogP contribution in [0, 0.1) is 0 Å². The van der Waals surface area contributed by atoms with Gasteiger partial charge in [0.05, 0.1) is 16.9 Å². The predicted molar refractivity (Wildman–Crippen MR) is 128 cm³/mol. The van der Waals surface area contributed by atoms with Crippen LogP contribution in [0.1, 0.15) is 27.3 Å². The molecule has 9 nitrogen and oxygen atoms in total. The lowest BCUT2D eigenvalue weighted by Gasteiger charge is -2.11. The molecule has 0 saturated heterocycles. The summed E-state index contributed by atoms with van der Waals surface area (Å²) in [6.07, 6.45) is 4.84. The van der Waals surface area contributed by atoms with Crippen LogP contribution in [0.5, 0.6) is 0 Å². The monoisotopic (exact) mass is 542 g/mol. The second-order valence-electron chi connectivity index (χ2n) is 6.93. The van der Waals surface area contributed by atoms with Gasteiger partial charge < -0.3 is 15.1 Å². The second kappa shape index (κ2) is 9.73. The average molecular weight is 542 g/mol. The van der Waals surface area contributed by atoms with Crippen LogP contribution in [0.3, 0.4) is 0 Å². The largest absolute Gasteiger partial charge is 0.419 e. The minimum atomic E-state index is -0.425. The number of fused-ring (bicyclic) bond motifs is 1. The summed E-state index contributed by atoms with van der Waals surface area (Å²) in [4.78, 5) is 36.7. The van der Waals surface area contributed by atoms with Crippen LogP contribution in [0.15, 0.2) is 68.4 Å². The Bertz CT molecular complexity index is 1350. The van der Waals surface area contributed by atoms with Crippen LogP contribution in [0.25, 0.3) is 16.8 Å². The Hall–Kier alpha value is -3.54. The minimum absolute atomic E-state index is 0.258. The fraction of sp³-hybridized carbons (Fsp3) is 0.136. The van der Waals surface area contributed by atoms with E-state index >= 15 is 0 Å². The van der Waals surface area contributed by atoms with E-state index in [4.69, 9.17) is 4.42 Å². The number of amides is 1. The van der Waals surface area contributed by atoms with Gasteiger partial charge in [-0.3, -0.25) is 14.3 Å². The van der Waals surface area contributed by atoms with E-state index in [0.29, 0.717) is 23.3 Å². The van der Waals surface area contributed by atoms with Crippen LogP contribution >= 0.6 is 22.6 Å². The lowest BCUT2D eigenvalue weighted by molar-refractivity contribution is 0.0945. The van der Waals surface area contributed by atoms with E-state index in [1.54, 1.807) is 37.6 Å². The molecule has 162 valence electrons. The molecule has 10 heteroatoms. The highest BCUT2D eigenvalue weighted by atomic mass is 127. The van der Waals surface area contributed by atoms with Crippen LogP contribution in [0.2, 0.25) is 0 Å². The zero-order valence-corrected chi connectivity index (χ0v) is 19.2. The summed E-state index contributed by atoms with van der Waals surface area (Å²) < 4.78 is 8.42. The standard InChI is InChI=1S/C22H19IN6O3/c1-29-19-8-15(2-3-20(19)32-22(29)31)12-26-21(30)17-9-16(27-13-28-17)18(10-23)25-11-14-4-6-24-7-5-14/h2-10,13,25H,11-12H2,1H3,(H,26,30)/b18-10+. The topological polar surface area (TPSA) is 115 Å². The molecular weight excluding hydrogens is 523 g/mol. The molecule has 3 heterocycles. The first-order valence-electron chi connectivity index (χ1n) is 9.67. The van der Waals surface area contributed by atoms with Crippen molar-refractivity contribution < 1.29 is 9.21 Å². The molecule has 0 atom stereocenters. The number of hydrogen-bond acceptors (Lipinski definition) is 7. The summed E-state index contributed by atoms with van der Waals surface area (Å²) >= 11 is 2.13. The van der Waals surface area contributed by atoms with Gasteiger partial charge in [-0.1, -0.05) is 28.7 Å². The Morgan fingerprint density at radius 3 is 2.59 bits per heavy atom. The van der Waals surface area contributed by atoms with Crippen molar-refractivity contribution in [3.63, 3.8) is 0 Å². The van der Waals surface area contributed by atoms with Crippen LogP contribution in [-0.4, -0.2) is 25.4 Å². The first kappa shape index (κ1) is 21.7. The summed E-state index contributed by atoms with van der Waals surface area (Å²) in [6.45, 7) is 0.880. The van der Waals surface area contributed by atoms with E-state index in [0.717, 1.165) is 16.8 Å². The second-order valence-corrected chi connectivity index (χ2v) is 7.55. The number of aromatic nitrogens is 4. The number of carbonyl (C=O) groups is 1. The number of nitrogens with zero attached hydrogens (tertiary/aromatic N) is 4. The molecule has 32 heavy (non-hydrogen) atoms. The third-order valence-electron chi connectivity index (χ3n) is 4.83. The molecule has 0 unspecified atom stereocenters. The van der Waals surface area contributed by atoms with Crippen molar-refractivity contribution >= 4 is 45.3 Å². The van der Waals surface area contributed by atoms with E-state index < -0.39 is 5.76 Å². The van der Waals surface area contributed by atoms with E-state index in [1.807, 2.05) is 22.3 Å². The summed E-state index contributed by atoms with van der Waals surface area (Å²) in [5.41, 5.74) is 4.74. The first-order chi connectivity index (χ1) is 15.5. The Morgan fingerprint density at radius 2 is 1.81 bits per heavy atom. The molecule has 0 bridgehead atoms. The lowest BCUT2D eigenvalue weighted by Crippen LogP contribution is -2.24. The zero-order valence-electron chi connectivity index (χ0n) is 17.1. The fourth-order valence-electron chi connectivity index (χ4n) is 3.07. The summed E-state index contributed by atoms with van der Waals surface area (Å²) in [5, 5.41) is 6.17. The average Bonchev–Trinajstić information content (AvgIpc) is 3.11. The molecule has 4 rings (SSSR count). The molecule has 4 aromatic rings. The maximum absolute atomic E-state index is 12.7. The summed E-state index contributed by atoms with van der Waals surface area (Å²) in [6, 6.07) is 10.8. The van der Waals surface area contributed by atoms with Gasteiger partial charge in [0.25, 0.3) is 5.91 Å². The number of benzene rings is 1. The van der Waals surface area contributed by atoms with Crippen molar-refractivity contribution in [2.75, 3.05) is 0 Å². The van der Waals surface area contributed by atoms with Crippen LogP contribution in [0.4, 0.5) is 0 Å². The third kappa shape index (κ3) is 4.85. The van der Waals surface area contributed by atoms with Gasteiger partial charge in [0.2, 0.25) is 0 Å². The molecule has 3 aromatic heterocycles. The molecule has 1 aromatic carbocycles. The van der Waals surface area contributed by atoms with E-state index in [2.05, 4.69) is 48.2 Å². The maximum atomic E-state index is 12.7. The van der Waals surface area contributed by atoms with Gasteiger partial charge in [0, 0.05) is 36.6 Å². The normalized spacial score (nSPS) is 11.5. The van der Waals surface area contributed by atoms with Crippen molar-refractivity contribution in [1.29, 1.82) is 0 Å². The Morgan fingerprint density at radius 1 is 1.06 bits per heavy atom. The Kier molecular flexibility index (Phi) is 6.59.